The van der Waals surface area contributed by atoms with E-state index in [2.05, 4.69) is 45.7 Å². The first-order valence-electron chi connectivity index (χ1n) is 7.04. The summed E-state index contributed by atoms with van der Waals surface area (Å²) in [5.74, 6) is 0.759. The smallest absolute Gasteiger partial charge is 0.0592 e. The summed E-state index contributed by atoms with van der Waals surface area (Å²) in [5, 5.41) is 0. The molecule has 1 saturated carbocycles. The van der Waals surface area contributed by atoms with Crippen LogP contribution in [0.15, 0.2) is 22.9 Å². The number of hydrogen-bond acceptors (Lipinski definition) is 2. The maximum Gasteiger partial charge on any atom is 0.0592 e. The van der Waals surface area contributed by atoms with Gasteiger partial charge >= 0.3 is 0 Å². The highest BCUT2D eigenvalue weighted by atomic mass is 79.9. The highest BCUT2D eigenvalue weighted by Crippen LogP contribution is 2.32. The summed E-state index contributed by atoms with van der Waals surface area (Å²) in [6.07, 6.45) is 10.5. The van der Waals surface area contributed by atoms with E-state index in [0.717, 1.165) is 23.0 Å². The van der Waals surface area contributed by atoms with Gasteiger partial charge in [0, 0.05) is 25.0 Å². The van der Waals surface area contributed by atoms with Crippen LogP contribution in [0, 0.1) is 5.92 Å². The first-order chi connectivity index (χ1) is 8.68. The maximum atomic E-state index is 4.18. The maximum absolute atomic E-state index is 4.18. The molecule has 0 radical (unpaired) electrons. The molecule has 1 aliphatic rings. The Morgan fingerprint density at radius 1 is 1.39 bits per heavy atom. The highest BCUT2D eigenvalue weighted by Gasteiger charge is 2.24. The Labute approximate surface area is 119 Å². The zero-order chi connectivity index (χ0) is 13.0. The topological polar surface area (TPSA) is 16.1 Å². The van der Waals surface area contributed by atoms with Gasteiger partial charge in [0.2, 0.25) is 0 Å². The van der Waals surface area contributed by atoms with Crippen LogP contribution in [0.25, 0.3) is 0 Å². The second-order valence-electron chi connectivity index (χ2n) is 5.64. The van der Waals surface area contributed by atoms with Gasteiger partial charge in [-0.05, 0) is 47.2 Å². The number of rotatable bonds is 5. The van der Waals surface area contributed by atoms with Crippen molar-refractivity contribution in [2.75, 3.05) is 11.4 Å². The van der Waals surface area contributed by atoms with Crippen molar-refractivity contribution >= 4 is 21.6 Å². The van der Waals surface area contributed by atoms with E-state index in [1.165, 1.54) is 37.8 Å². The summed E-state index contributed by atoms with van der Waals surface area (Å²) in [6, 6.07) is 2.87. The minimum atomic E-state index is 0.724. The lowest BCUT2D eigenvalue weighted by atomic mass is 10.1. The Bertz CT molecular complexity index is 373. The van der Waals surface area contributed by atoms with E-state index in [4.69, 9.17) is 0 Å². The van der Waals surface area contributed by atoms with E-state index < -0.39 is 0 Å². The van der Waals surface area contributed by atoms with E-state index >= 15 is 0 Å². The summed E-state index contributed by atoms with van der Waals surface area (Å²) in [7, 11) is 0. The standard InChI is InChI=1S/C15H23BrN2/c1-12(2)8-10-18(13-5-3-4-6-13)15-7-9-17-11-14(15)16/h7,9,11-13H,3-6,8,10H2,1-2H3. The average molecular weight is 311 g/mol. The first kappa shape index (κ1) is 13.9. The van der Waals surface area contributed by atoms with Crippen LogP contribution < -0.4 is 4.90 Å². The fourth-order valence-corrected chi connectivity index (χ4v) is 3.19. The van der Waals surface area contributed by atoms with Crippen molar-refractivity contribution < 1.29 is 0 Å². The second kappa shape index (κ2) is 6.55. The Morgan fingerprint density at radius 3 is 2.72 bits per heavy atom. The molecular weight excluding hydrogens is 288 g/mol. The predicted octanol–water partition coefficient (Wildman–Crippen LogP) is 4.64. The van der Waals surface area contributed by atoms with Gasteiger partial charge in [-0.15, -0.1) is 0 Å². The number of anilines is 1. The summed E-state index contributed by atoms with van der Waals surface area (Å²) in [6.45, 7) is 5.76. The van der Waals surface area contributed by atoms with E-state index in [0.29, 0.717) is 0 Å². The van der Waals surface area contributed by atoms with Gasteiger partial charge in [-0.2, -0.15) is 0 Å². The molecule has 2 rings (SSSR count). The van der Waals surface area contributed by atoms with Crippen molar-refractivity contribution in [3.63, 3.8) is 0 Å². The van der Waals surface area contributed by atoms with Crippen LogP contribution in [-0.2, 0) is 0 Å². The molecule has 0 unspecified atom stereocenters. The molecule has 3 heteroatoms. The van der Waals surface area contributed by atoms with Gasteiger partial charge in [0.25, 0.3) is 0 Å². The van der Waals surface area contributed by atoms with Gasteiger partial charge in [0.1, 0.15) is 0 Å². The van der Waals surface area contributed by atoms with Crippen molar-refractivity contribution in [1.29, 1.82) is 0 Å². The second-order valence-corrected chi connectivity index (χ2v) is 6.50. The van der Waals surface area contributed by atoms with Crippen LogP contribution in [0.2, 0.25) is 0 Å². The van der Waals surface area contributed by atoms with Gasteiger partial charge in [-0.3, -0.25) is 4.98 Å². The molecule has 0 spiro atoms. The van der Waals surface area contributed by atoms with Crippen LogP contribution in [0.3, 0.4) is 0 Å². The molecule has 1 aromatic rings. The monoisotopic (exact) mass is 310 g/mol. The Kier molecular flexibility index (Phi) is 5.04. The predicted molar refractivity (Wildman–Crippen MR) is 81.0 cm³/mol. The number of aromatic nitrogens is 1. The third kappa shape index (κ3) is 3.47. The molecule has 0 atom stereocenters. The molecule has 0 amide bonds. The van der Waals surface area contributed by atoms with Crippen LogP contribution in [0.1, 0.15) is 46.0 Å². The van der Waals surface area contributed by atoms with Gasteiger partial charge in [-0.1, -0.05) is 26.7 Å². The van der Waals surface area contributed by atoms with Crippen LogP contribution in [0.5, 0.6) is 0 Å². The summed E-state index contributed by atoms with van der Waals surface area (Å²) in [5.41, 5.74) is 1.32. The normalized spacial score (nSPS) is 16.4. The van der Waals surface area contributed by atoms with Crippen LogP contribution >= 0.6 is 15.9 Å². The zero-order valence-corrected chi connectivity index (χ0v) is 13.0. The number of halogens is 1. The third-order valence-corrected chi connectivity index (χ3v) is 4.38. The molecule has 2 nitrogen and oxygen atoms in total. The molecular formula is C15H23BrN2. The van der Waals surface area contributed by atoms with Crippen molar-refractivity contribution in [3.8, 4) is 0 Å². The Morgan fingerprint density at radius 2 is 2.11 bits per heavy atom. The van der Waals surface area contributed by atoms with Gasteiger partial charge in [0.05, 0.1) is 10.2 Å². The SMILES string of the molecule is CC(C)CCN(c1ccncc1Br)C1CCCC1. The molecule has 0 aromatic carbocycles. The molecule has 1 heterocycles. The summed E-state index contributed by atoms with van der Waals surface area (Å²) in [4.78, 5) is 6.77. The van der Waals surface area contributed by atoms with Crippen LogP contribution in [0.4, 0.5) is 5.69 Å². The Balaban J connectivity index is 2.15. The summed E-state index contributed by atoms with van der Waals surface area (Å²) >= 11 is 3.65. The highest BCUT2D eigenvalue weighted by molar-refractivity contribution is 9.10. The summed E-state index contributed by atoms with van der Waals surface area (Å²) < 4.78 is 1.13. The largest absolute Gasteiger partial charge is 0.368 e. The van der Waals surface area contributed by atoms with Gasteiger partial charge in [0.15, 0.2) is 0 Å². The number of hydrogen-bond donors (Lipinski definition) is 0. The Hall–Kier alpha value is -0.570. The quantitative estimate of drug-likeness (QED) is 0.787. The zero-order valence-electron chi connectivity index (χ0n) is 11.4. The third-order valence-electron chi connectivity index (χ3n) is 3.77. The average Bonchev–Trinajstić information content (AvgIpc) is 2.85. The molecule has 0 bridgehead atoms. The molecule has 100 valence electrons. The van der Waals surface area contributed by atoms with Gasteiger partial charge < -0.3 is 4.90 Å². The van der Waals surface area contributed by atoms with E-state index in [1.807, 2.05) is 12.4 Å². The van der Waals surface area contributed by atoms with Crippen molar-refractivity contribution in [3.05, 3.63) is 22.9 Å². The fourth-order valence-electron chi connectivity index (χ4n) is 2.71. The molecule has 18 heavy (non-hydrogen) atoms. The van der Waals surface area contributed by atoms with E-state index in [9.17, 15) is 0 Å². The lowest BCUT2D eigenvalue weighted by molar-refractivity contribution is 0.528. The molecule has 1 aliphatic carbocycles. The first-order valence-corrected chi connectivity index (χ1v) is 7.84. The lowest BCUT2D eigenvalue weighted by Gasteiger charge is -2.32. The molecule has 0 N–H and O–H groups in total. The minimum Gasteiger partial charge on any atom is -0.368 e. The number of nitrogens with zero attached hydrogens (tertiary/aromatic N) is 2. The van der Waals surface area contributed by atoms with Crippen molar-refractivity contribution in [1.82, 2.24) is 4.98 Å². The molecule has 1 fully saturated rings. The van der Waals surface area contributed by atoms with Crippen molar-refractivity contribution in [2.24, 2.45) is 5.92 Å². The molecule has 0 saturated heterocycles. The van der Waals surface area contributed by atoms with Crippen LogP contribution in [-0.4, -0.2) is 17.6 Å². The number of pyridine rings is 1. The van der Waals surface area contributed by atoms with E-state index in [1.54, 1.807) is 0 Å². The van der Waals surface area contributed by atoms with E-state index in [-0.39, 0.29) is 0 Å². The van der Waals surface area contributed by atoms with Gasteiger partial charge in [-0.25, -0.2) is 0 Å². The molecule has 1 aromatic heterocycles. The molecule has 0 aliphatic heterocycles. The van der Waals surface area contributed by atoms with Crippen molar-refractivity contribution in [2.45, 2.75) is 52.0 Å². The minimum absolute atomic E-state index is 0.724. The lowest BCUT2D eigenvalue weighted by Crippen LogP contribution is -2.35. The fraction of sp³-hybridized carbons (Fsp3) is 0.667.